The van der Waals surface area contributed by atoms with Crippen LogP contribution in [0.25, 0.3) is 0 Å². The van der Waals surface area contributed by atoms with Crippen molar-refractivity contribution in [3.05, 3.63) is 0 Å². The van der Waals surface area contributed by atoms with E-state index in [2.05, 4.69) is 41.5 Å². The predicted molar refractivity (Wildman–Crippen MR) is 131 cm³/mol. The summed E-state index contributed by atoms with van der Waals surface area (Å²) in [4.78, 5) is 0. The fourth-order valence-electron chi connectivity index (χ4n) is 3.24. The van der Waals surface area contributed by atoms with Crippen LogP contribution in [0.1, 0.15) is 106 Å². The maximum atomic E-state index is 5.47. The van der Waals surface area contributed by atoms with Crippen LogP contribution in [-0.2, 0) is 4.74 Å². The van der Waals surface area contributed by atoms with Gasteiger partial charge in [0, 0.05) is 0 Å². The third-order valence-electron chi connectivity index (χ3n) is 5.22. The molecule has 0 saturated heterocycles. The molecule has 27 heavy (non-hydrogen) atoms. The minimum absolute atomic E-state index is 0.839. The first kappa shape index (κ1) is 30.7. The molecule has 0 heterocycles. The van der Waals surface area contributed by atoms with E-state index in [1.165, 1.54) is 68.6 Å². The number of hydrogen-bond acceptors (Lipinski definition) is 1. The first-order valence-corrected chi connectivity index (χ1v) is 24.6. The van der Waals surface area contributed by atoms with E-state index in [-0.39, 0.29) is 0 Å². The molecule has 0 amide bonds. The van der Waals surface area contributed by atoms with Gasteiger partial charge in [-0.05, 0) is 0 Å². The molecule has 0 aromatic heterocycles. The molecule has 0 saturated carbocycles. The zero-order valence-corrected chi connectivity index (χ0v) is 25.8. The summed E-state index contributed by atoms with van der Waals surface area (Å²) in [5.74, 6) is 0. The summed E-state index contributed by atoms with van der Waals surface area (Å²) in [5, 5.41) is 0. The maximum absolute atomic E-state index is 5.47. The Morgan fingerprint density at radius 2 is 0.741 bits per heavy atom. The Balaban J connectivity index is 0. The van der Waals surface area contributed by atoms with E-state index in [4.69, 9.17) is 4.74 Å². The third kappa shape index (κ3) is 25.5. The minimum atomic E-state index is -0.985. The van der Waals surface area contributed by atoms with Gasteiger partial charge in [0.15, 0.2) is 0 Å². The van der Waals surface area contributed by atoms with Gasteiger partial charge in [0.25, 0.3) is 0 Å². The second-order valence-electron chi connectivity index (χ2n) is 7.96. The molecule has 0 rings (SSSR count). The Hall–Kier alpha value is 1.56. The molecule has 0 aliphatic rings. The Morgan fingerprint density at radius 1 is 0.444 bits per heavy atom. The fourth-order valence-corrected chi connectivity index (χ4v) is 20.9. The van der Waals surface area contributed by atoms with E-state index in [9.17, 15) is 0 Å². The Kier molecular flexibility index (Phi) is 31.4. The van der Waals surface area contributed by atoms with E-state index in [1.54, 1.807) is 22.2 Å². The van der Waals surface area contributed by atoms with Crippen LogP contribution in [0, 0.1) is 0 Å². The van der Waals surface area contributed by atoms with Crippen molar-refractivity contribution in [1.29, 1.82) is 0 Å². The van der Waals surface area contributed by atoms with Crippen molar-refractivity contribution < 1.29 is 4.74 Å². The summed E-state index contributed by atoms with van der Waals surface area (Å²) in [5.41, 5.74) is 0. The van der Waals surface area contributed by atoms with Gasteiger partial charge in [0.2, 0.25) is 0 Å². The van der Waals surface area contributed by atoms with Crippen LogP contribution in [0.3, 0.4) is 0 Å². The number of rotatable bonds is 19. The summed E-state index contributed by atoms with van der Waals surface area (Å²) in [7, 11) is 0. The Morgan fingerprint density at radius 3 is 1.00 bits per heavy atom. The van der Waals surface area contributed by atoms with Gasteiger partial charge in [-0.1, -0.05) is 0 Å². The van der Waals surface area contributed by atoms with Crippen LogP contribution in [-0.4, -0.2) is 52.7 Å². The molecule has 164 valence electrons. The van der Waals surface area contributed by atoms with E-state index in [1.807, 2.05) is 0 Å². The predicted octanol–water partition coefficient (Wildman–Crippen LogP) is 9.00. The monoisotopic (exact) mass is 598 g/mol. The van der Waals surface area contributed by atoms with Gasteiger partial charge in [0.05, 0.1) is 0 Å². The fraction of sp³-hybridized carbons (Fsp3) is 1.00. The zero-order chi connectivity index (χ0) is 20.6. The molecule has 0 N–H and O–H groups in total. The molecule has 0 spiro atoms. The van der Waals surface area contributed by atoms with Gasteiger partial charge in [-0.2, -0.15) is 0 Å². The van der Waals surface area contributed by atoms with Crippen LogP contribution < -0.4 is 0 Å². The van der Waals surface area contributed by atoms with E-state index < -0.39 is 39.5 Å². The summed E-state index contributed by atoms with van der Waals surface area (Å²) in [6.45, 7) is 15.7. The molecule has 2 radical (unpaired) electrons. The molecular weight excluding hydrogens is 542 g/mol. The van der Waals surface area contributed by atoms with Gasteiger partial charge in [0.1, 0.15) is 0 Å². The zero-order valence-electron chi connectivity index (χ0n) is 20.1. The number of unbranched alkanes of at least 4 members (excludes halogenated alkanes) is 5. The van der Waals surface area contributed by atoms with Crippen LogP contribution in [0.15, 0.2) is 0 Å². The van der Waals surface area contributed by atoms with Crippen molar-refractivity contribution in [3.63, 3.8) is 0 Å². The van der Waals surface area contributed by atoms with Crippen molar-refractivity contribution in [2.75, 3.05) is 13.2 Å². The summed E-state index contributed by atoms with van der Waals surface area (Å²) in [6, 6.07) is 0. The van der Waals surface area contributed by atoms with Crippen LogP contribution >= 0.6 is 0 Å². The molecule has 0 aromatic carbocycles. The molecule has 0 aliphatic carbocycles. The molecular formula is C24H54OSn2. The van der Waals surface area contributed by atoms with Crippen LogP contribution in [0.2, 0.25) is 26.6 Å². The quantitative estimate of drug-likeness (QED) is 0.107. The Bertz CT molecular complexity index is 222. The topological polar surface area (TPSA) is 9.23 Å². The second kappa shape index (κ2) is 27.6. The average Bonchev–Trinajstić information content (AvgIpc) is 2.69. The van der Waals surface area contributed by atoms with Gasteiger partial charge in [-0.25, -0.2) is 0 Å². The van der Waals surface area contributed by atoms with Gasteiger partial charge in [-0.3, -0.25) is 0 Å². The van der Waals surface area contributed by atoms with Crippen molar-refractivity contribution >= 4 is 39.5 Å². The Labute approximate surface area is 188 Å². The van der Waals surface area contributed by atoms with E-state index in [0.717, 1.165) is 13.2 Å². The molecule has 1 nitrogen and oxygen atoms in total. The normalized spacial score (nSPS) is 11.1. The number of ether oxygens (including phenoxy) is 1. The van der Waals surface area contributed by atoms with Gasteiger partial charge < -0.3 is 0 Å². The molecule has 0 unspecified atom stereocenters. The van der Waals surface area contributed by atoms with E-state index >= 15 is 0 Å². The summed E-state index contributed by atoms with van der Waals surface area (Å²) < 4.78 is 15.2. The SMILES string of the molecule is CCC[CH2][Sn]([CH2]CCC)[CH2]CCC.CCC[CH2][Sn]([CH2]CCC)[CH2]COCC. The molecule has 0 aliphatic heterocycles. The summed E-state index contributed by atoms with van der Waals surface area (Å²) >= 11 is -1.82. The third-order valence-corrected chi connectivity index (χ3v) is 23.0. The van der Waals surface area contributed by atoms with Crippen molar-refractivity contribution in [3.8, 4) is 0 Å². The van der Waals surface area contributed by atoms with Gasteiger partial charge >= 0.3 is 190 Å². The standard InChI is InChI=1S/C4H9O.5C4H9.2Sn/c1-3-5-4-2;5*1-3-4-2;;/h1,3-4H2,2H3;5*1,3-4H2,2H3;;. The van der Waals surface area contributed by atoms with Crippen molar-refractivity contribution in [2.45, 2.75) is 132 Å². The molecule has 0 atom stereocenters. The van der Waals surface area contributed by atoms with Crippen LogP contribution in [0.4, 0.5) is 0 Å². The first-order chi connectivity index (χ1) is 13.2. The molecule has 3 heteroatoms. The summed E-state index contributed by atoms with van der Waals surface area (Å²) in [6.07, 6.45) is 14.6. The van der Waals surface area contributed by atoms with E-state index in [0.29, 0.717) is 0 Å². The van der Waals surface area contributed by atoms with Gasteiger partial charge in [-0.15, -0.1) is 0 Å². The average molecular weight is 596 g/mol. The first-order valence-electron chi connectivity index (χ1n) is 12.4. The van der Waals surface area contributed by atoms with Crippen molar-refractivity contribution in [2.24, 2.45) is 0 Å². The molecule has 0 aromatic rings. The van der Waals surface area contributed by atoms with Crippen LogP contribution in [0.5, 0.6) is 0 Å². The number of hydrogen-bond donors (Lipinski definition) is 0. The van der Waals surface area contributed by atoms with Crippen molar-refractivity contribution in [1.82, 2.24) is 0 Å². The molecule has 0 fully saturated rings. The second-order valence-corrected chi connectivity index (χ2v) is 25.1. The molecule has 0 bridgehead atoms.